The number of alkyl halides is 1. The molecule has 0 spiro atoms. The Hall–Kier alpha value is -1.14. The number of phosphoric ester groups is 1. The van der Waals surface area contributed by atoms with Crippen molar-refractivity contribution in [3.05, 3.63) is 22.7 Å². The number of nitrogens with two attached hydrogens (primary N) is 1. The van der Waals surface area contributed by atoms with Gasteiger partial charge >= 0.3 is 29.2 Å². The Balaban J connectivity index is 2.40. The number of ether oxygens (including phenoxy) is 1. The van der Waals surface area contributed by atoms with E-state index >= 15 is 0 Å². The van der Waals surface area contributed by atoms with Gasteiger partial charge in [-0.15, -0.1) is 5.92 Å². The van der Waals surface area contributed by atoms with Crippen molar-refractivity contribution in [2.24, 2.45) is 0 Å². The molecule has 3 unspecified atom stereocenters. The Labute approximate surface area is 187 Å². The number of anilines is 1. The van der Waals surface area contributed by atoms with E-state index in [0.717, 1.165) is 12.3 Å². The number of halogens is 1. The first-order valence-electron chi connectivity index (χ1n) is 8.88. The molecule has 0 aliphatic carbocycles. The van der Waals surface area contributed by atoms with Gasteiger partial charge in [0.1, 0.15) is 18.0 Å². The zero-order valence-corrected chi connectivity index (χ0v) is 19.0. The average molecular weight is 542 g/mol. The van der Waals surface area contributed by atoms with Crippen molar-refractivity contribution in [2.45, 2.75) is 30.2 Å². The molecule has 0 radical (unpaired) electrons. The number of rotatable bonds is 8. The molecular formula is C12H17ClN3O13P3. The maximum absolute atomic E-state index is 12.2. The van der Waals surface area contributed by atoms with Crippen LogP contribution in [0, 0.1) is 11.8 Å². The second-order valence-electron chi connectivity index (χ2n) is 5.84. The summed E-state index contributed by atoms with van der Waals surface area (Å²) in [6, 6.07) is 1.14. The van der Waals surface area contributed by atoms with Crippen molar-refractivity contribution in [3.8, 4) is 11.8 Å². The van der Waals surface area contributed by atoms with Gasteiger partial charge in [0.15, 0.2) is 11.1 Å². The highest BCUT2D eigenvalue weighted by atomic mass is 35.5. The minimum atomic E-state index is -5.99. The molecule has 2 rings (SSSR count). The van der Waals surface area contributed by atoms with Crippen molar-refractivity contribution in [2.75, 3.05) is 12.3 Å². The molecule has 20 heteroatoms. The first-order valence-corrected chi connectivity index (χ1v) is 12.8. The molecule has 32 heavy (non-hydrogen) atoms. The highest BCUT2D eigenvalue weighted by Gasteiger charge is 2.56. The van der Waals surface area contributed by atoms with Gasteiger partial charge in [0.25, 0.3) is 0 Å². The summed E-state index contributed by atoms with van der Waals surface area (Å²) < 4.78 is 67.2. The Kier molecular flexibility index (Phi) is 7.21. The van der Waals surface area contributed by atoms with Crippen molar-refractivity contribution in [1.29, 1.82) is 0 Å². The summed E-state index contributed by atoms with van der Waals surface area (Å²) in [4.78, 5) is 49.3. The lowest BCUT2D eigenvalue weighted by molar-refractivity contribution is -0.0455. The van der Waals surface area contributed by atoms with E-state index < -0.39 is 59.0 Å². The van der Waals surface area contributed by atoms with E-state index in [1.54, 1.807) is 0 Å². The third-order valence-corrected chi connectivity index (χ3v) is 7.64. The van der Waals surface area contributed by atoms with Crippen LogP contribution in [0.4, 0.5) is 5.82 Å². The first-order chi connectivity index (χ1) is 15.2. The van der Waals surface area contributed by atoms with E-state index in [1.807, 2.05) is 0 Å². The van der Waals surface area contributed by atoms with Gasteiger partial charge in [0.05, 0.1) is 9.30 Å². The van der Waals surface area contributed by atoms with E-state index in [2.05, 4.69) is 30.0 Å². The van der Waals surface area contributed by atoms with Crippen LogP contribution < -0.4 is 11.4 Å². The van der Waals surface area contributed by atoms with Crippen molar-refractivity contribution in [3.63, 3.8) is 0 Å². The standard InChI is InChI=1S/C12H17ClN3O13P3/c1-2-4-12(13)9(17)7(27-10(12)16-5-3-8(14)15-11(16)18)6-26-31(22,23)29-32(24,25)28-30(19,20)21/h3,5,7,9-10,17H,6H2,1H3,(H,22,23)(H,24,25)(H2,14,15,18)(H2,19,20,21)/t7-,9+,10-,12?/m1/s1/i6D2. The lowest BCUT2D eigenvalue weighted by atomic mass is 9.99. The largest absolute Gasteiger partial charge is 0.490 e. The lowest BCUT2D eigenvalue weighted by Gasteiger charge is -2.25. The summed E-state index contributed by atoms with van der Waals surface area (Å²) in [5.74, 6) is 4.49. The molecule has 7 N–H and O–H groups in total. The lowest BCUT2D eigenvalue weighted by Crippen LogP contribution is -2.43. The average Bonchev–Trinajstić information content (AvgIpc) is 2.83. The number of nitrogen functional groups attached to an aromatic ring is 1. The van der Waals surface area contributed by atoms with Crippen LogP contribution in [0.3, 0.4) is 0 Å². The maximum Gasteiger partial charge on any atom is 0.490 e. The van der Waals surface area contributed by atoms with Crippen LogP contribution in [0.15, 0.2) is 17.1 Å². The summed E-state index contributed by atoms with van der Waals surface area (Å²) in [6.45, 7) is -2.28. The summed E-state index contributed by atoms with van der Waals surface area (Å²) in [7, 11) is -17.6. The third kappa shape index (κ3) is 6.69. The van der Waals surface area contributed by atoms with E-state index in [1.165, 1.54) is 6.92 Å². The van der Waals surface area contributed by atoms with Gasteiger partial charge in [-0.2, -0.15) is 13.6 Å². The summed E-state index contributed by atoms with van der Waals surface area (Å²) in [5.41, 5.74) is 4.36. The van der Waals surface area contributed by atoms with Gasteiger partial charge in [-0.05, 0) is 13.0 Å². The first kappa shape index (κ1) is 24.0. The number of aliphatic hydroxyl groups is 1. The smallest absolute Gasteiger partial charge is 0.387 e. The molecule has 16 nitrogen and oxygen atoms in total. The zero-order chi connectivity index (χ0) is 26.3. The number of aliphatic hydroxyl groups excluding tert-OH is 1. The van der Waals surface area contributed by atoms with Gasteiger partial charge in [0, 0.05) is 6.20 Å². The molecule has 0 saturated carbocycles. The van der Waals surface area contributed by atoms with Gasteiger partial charge in [-0.25, -0.2) is 18.5 Å². The summed E-state index contributed by atoms with van der Waals surface area (Å²) >= 11 is 6.34. The van der Waals surface area contributed by atoms with Crippen LogP contribution in [0.25, 0.3) is 0 Å². The monoisotopic (exact) mass is 541 g/mol. The molecule has 0 amide bonds. The molecule has 0 aromatic carbocycles. The van der Waals surface area contributed by atoms with Gasteiger partial charge in [-0.1, -0.05) is 17.5 Å². The topological polar surface area (TPSA) is 250 Å². The third-order valence-electron chi connectivity index (χ3n) is 3.47. The highest BCUT2D eigenvalue weighted by Crippen LogP contribution is 2.66. The molecular weight excluding hydrogens is 523 g/mol. The van der Waals surface area contributed by atoms with E-state index in [0.29, 0.717) is 4.57 Å². The second-order valence-corrected chi connectivity index (χ2v) is 10.8. The van der Waals surface area contributed by atoms with Crippen LogP contribution in [0.1, 0.15) is 15.9 Å². The Morgan fingerprint density at radius 2 is 1.97 bits per heavy atom. The number of phosphoric acid groups is 3. The highest BCUT2D eigenvalue weighted by molar-refractivity contribution is 7.66. The van der Waals surface area contributed by atoms with Crippen LogP contribution in [-0.2, 0) is 31.6 Å². The quantitative estimate of drug-likeness (QED) is 0.137. The van der Waals surface area contributed by atoms with E-state index in [9.17, 15) is 33.4 Å². The Morgan fingerprint density at radius 1 is 1.34 bits per heavy atom. The normalized spacial score (nSPS) is 30.9. The van der Waals surface area contributed by atoms with Gasteiger partial charge < -0.3 is 35.2 Å². The van der Waals surface area contributed by atoms with Crippen LogP contribution in [0.2, 0.25) is 0 Å². The molecule has 180 valence electrons. The molecule has 1 aliphatic rings. The molecule has 1 aromatic heterocycles. The fourth-order valence-electron chi connectivity index (χ4n) is 2.39. The number of nitrogens with zero attached hydrogens (tertiary/aromatic N) is 2. The Bertz CT molecular complexity index is 1210. The fourth-order valence-corrected chi connectivity index (χ4v) is 5.63. The molecule has 6 atom stereocenters. The molecule has 1 aromatic rings. The second kappa shape index (κ2) is 9.61. The molecule has 1 fully saturated rings. The van der Waals surface area contributed by atoms with Crippen LogP contribution in [-0.4, -0.2) is 57.9 Å². The molecule has 1 aliphatic heterocycles. The van der Waals surface area contributed by atoms with E-state index in [-0.39, 0.29) is 5.82 Å². The minimum absolute atomic E-state index is 0.193. The maximum atomic E-state index is 12.2. The van der Waals surface area contributed by atoms with E-state index in [4.69, 9.17) is 34.6 Å². The number of aromatic nitrogens is 2. The van der Waals surface area contributed by atoms with Crippen molar-refractivity contribution < 1.29 is 59.0 Å². The predicted molar refractivity (Wildman–Crippen MR) is 105 cm³/mol. The fraction of sp³-hybridized carbons (Fsp3) is 0.500. The number of hydrogen-bond donors (Lipinski definition) is 6. The van der Waals surface area contributed by atoms with Gasteiger partial charge in [-0.3, -0.25) is 9.09 Å². The number of hydrogen-bond acceptors (Lipinski definition) is 11. The SMILES string of the molecule is [2H]C([2H])(OP(=O)(O)OP(=O)(O)OP(=O)(O)O)[C@H]1O[C@@H](n2ccc(N)nc2=O)C(Cl)(C#CC)[C@H]1O. The van der Waals surface area contributed by atoms with Crippen molar-refractivity contribution >= 4 is 40.9 Å². The van der Waals surface area contributed by atoms with Crippen LogP contribution >= 0.6 is 35.1 Å². The van der Waals surface area contributed by atoms with Crippen molar-refractivity contribution in [1.82, 2.24) is 9.55 Å². The molecule has 2 heterocycles. The summed E-state index contributed by atoms with van der Waals surface area (Å²) in [5, 5.41) is 10.7. The molecule has 1 saturated heterocycles. The minimum Gasteiger partial charge on any atom is -0.387 e. The predicted octanol–water partition coefficient (Wildman–Crippen LogP) is -0.572. The van der Waals surface area contributed by atoms with Gasteiger partial charge in [0.2, 0.25) is 0 Å². The Morgan fingerprint density at radius 3 is 2.50 bits per heavy atom. The van der Waals surface area contributed by atoms with Crippen LogP contribution in [0.5, 0.6) is 0 Å². The summed E-state index contributed by atoms with van der Waals surface area (Å²) in [6.07, 6.45) is -5.21. The zero-order valence-electron chi connectivity index (χ0n) is 17.6. The molecule has 0 bridgehead atoms.